The number of hydrogen-bond acceptors (Lipinski definition) is 17. The maximum absolute atomic E-state index is 13.0. The van der Waals surface area contributed by atoms with Crippen molar-refractivity contribution in [2.75, 3.05) is 76.6 Å². The van der Waals surface area contributed by atoms with Crippen molar-refractivity contribution in [3.63, 3.8) is 0 Å². The molecular weight excluding hydrogens is 1210 g/mol. The molecule has 1 amide bonds. The van der Waals surface area contributed by atoms with Crippen molar-refractivity contribution in [3.8, 4) is 69.0 Å². The van der Waals surface area contributed by atoms with Crippen LogP contribution in [0.5, 0.6) is 69.0 Å². The molecular formula is C77H81NO17. The summed E-state index contributed by atoms with van der Waals surface area (Å²) >= 11 is 0. The van der Waals surface area contributed by atoms with E-state index in [2.05, 4.69) is 35.6 Å². The van der Waals surface area contributed by atoms with Gasteiger partial charge in [0, 0.05) is 73.5 Å². The highest BCUT2D eigenvalue weighted by Gasteiger charge is 2.20. The molecule has 9 aromatic carbocycles. The van der Waals surface area contributed by atoms with Crippen molar-refractivity contribution in [1.29, 1.82) is 0 Å². The summed E-state index contributed by atoms with van der Waals surface area (Å²) < 4.78 is 95.8. The first kappa shape index (κ1) is 67.3. The average molecular weight is 1290 g/mol. The molecule has 0 fully saturated rings. The highest BCUT2D eigenvalue weighted by atomic mass is 16.6. The summed E-state index contributed by atoms with van der Waals surface area (Å²) in [6, 6.07) is 52.4. The molecule has 0 bridgehead atoms. The van der Waals surface area contributed by atoms with Crippen molar-refractivity contribution >= 4 is 27.6 Å². The Morgan fingerprint density at radius 3 is 1.15 bits per heavy atom. The van der Waals surface area contributed by atoms with Gasteiger partial charge in [-0.15, -0.1) is 0 Å². The van der Waals surface area contributed by atoms with Crippen LogP contribution in [-0.4, -0.2) is 82.7 Å². The third-order valence-corrected chi connectivity index (χ3v) is 15.7. The second-order valence-electron chi connectivity index (χ2n) is 22.5. The van der Waals surface area contributed by atoms with Gasteiger partial charge in [-0.3, -0.25) is 0 Å². The molecule has 1 N–H and O–H groups in total. The summed E-state index contributed by atoms with van der Waals surface area (Å²) in [7, 11) is 12.9. The van der Waals surface area contributed by atoms with Crippen molar-refractivity contribution in [2.24, 2.45) is 5.92 Å². The van der Waals surface area contributed by atoms with Gasteiger partial charge in [-0.1, -0.05) is 48.5 Å². The number of alkyl carbamates (subject to hydrolysis) is 1. The summed E-state index contributed by atoms with van der Waals surface area (Å²) in [6.07, 6.45) is 5.43. The smallest absolute Gasteiger partial charge is 0.407 e. The van der Waals surface area contributed by atoms with Crippen LogP contribution in [0.3, 0.4) is 0 Å². The molecule has 10 rings (SSSR count). The van der Waals surface area contributed by atoms with Crippen molar-refractivity contribution in [1.82, 2.24) is 5.32 Å². The maximum Gasteiger partial charge on any atom is 0.407 e. The summed E-state index contributed by atoms with van der Waals surface area (Å²) in [5.41, 5.74) is 5.85. The minimum Gasteiger partial charge on any atom is -0.501 e. The normalized spacial score (nSPS) is 12.6. The monoisotopic (exact) mass is 1290 g/mol. The largest absolute Gasteiger partial charge is 0.501 e. The van der Waals surface area contributed by atoms with Gasteiger partial charge in [0.25, 0.3) is 0 Å². The first-order valence-electron chi connectivity index (χ1n) is 31.2. The minimum atomic E-state index is -0.479. The summed E-state index contributed by atoms with van der Waals surface area (Å²) in [5, 5.41) is 7.21. The fourth-order valence-electron chi connectivity index (χ4n) is 10.9. The van der Waals surface area contributed by atoms with Gasteiger partial charge in [0.05, 0.1) is 75.9 Å². The molecule has 1 aliphatic rings. The Kier molecular flexibility index (Phi) is 24.0. The number of rotatable bonds is 35. The number of amides is 1. The quantitative estimate of drug-likeness (QED) is 0.0293. The van der Waals surface area contributed by atoms with Crippen LogP contribution >= 0.6 is 0 Å². The lowest BCUT2D eigenvalue weighted by molar-refractivity contribution is 0.115. The van der Waals surface area contributed by atoms with E-state index in [0.717, 1.165) is 66.2 Å². The van der Waals surface area contributed by atoms with Crippen LogP contribution in [0.2, 0.25) is 0 Å². The molecule has 496 valence electrons. The zero-order chi connectivity index (χ0) is 66.3. The first-order valence-corrected chi connectivity index (χ1v) is 31.2. The highest BCUT2D eigenvalue weighted by molar-refractivity contribution is 6.02. The van der Waals surface area contributed by atoms with E-state index < -0.39 is 6.09 Å². The van der Waals surface area contributed by atoms with E-state index >= 15 is 0 Å². The van der Waals surface area contributed by atoms with Crippen LogP contribution in [0.4, 0.5) is 4.79 Å². The molecule has 0 spiro atoms. The molecule has 0 aliphatic heterocycles. The standard InChI is InChI=1S/C77H81NO17/c1-80-60-21-52(22-61(36-60)81-2)44-89-70-31-56(32-71(41-70)90-45-53-23-62(82-3)37-63(24-53)83-4)48-93-68-29-51(43-88-20-14-13-19-78-77(79)95-50-76-74-17-11-9-15-58(74)35-59-16-10-12-18-75(59)76)30-69(40-68)94-49-57-33-72(91-46-54-25-64(84-5)38-65(26-54)85-6)42-73(34-57)92-47-55-27-66(86-7)39-67(28-55)87-8/h9-12,15-18,21-27,29-42,55H,13-14,19-20,28,43-50H2,1-8H3,(H,78,79). The minimum absolute atomic E-state index is 0.0167. The van der Waals surface area contributed by atoms with Crippen molar-refractivity contribution < 1.29 is 80.6 Å². The number of allylic oxidation sites excluding steroid dienone is 2. The van der Waals surface area contributed by atoms with Crippen LogP contribution in [-0.2, 0) is 65.2 Å². The van der Waals surface area contributed by atoms with Crippen molar-refractivity contribution in [3.05, 3.63) is 226 Å². The molecule has 0 saturated heterocycles. The van der Waals surface area contributed by atoms with E-state index in [1.165, 1.54) is 0 Å². The predicted octanol–water partition coefficient (Wildman–Crippen LogP) is 15.6. The van der Waals surface area contributed by atoms with E-state index in [0.29, 0.717) is 114 Å². The SMILES string of the molecule is COC1=CC(COc2cc(COc3cc(COCCCCNC(=O)OCc4c5ccccc5cc5ccccc45)cc(OCc4cc(OCc5cc(OC)cc(OC)c5)cc(OCc5cc(OC)cc(OC)c5)c4)c3)cc(OCc3cc(OC)cc(OC)c3)c2)CC(OC)=C1. The molecule has 1 atom stereocenters. The van der Waals surface area contributed by atoms with E-state index in [1.807, 2.05) is 146 Å². The van der Waals surface area contributed by atoms with Gasteiger partial charge in [0.15, 0.2) is 0 Å². The molecule has 95 heavy (non-hydrogen) atoms. The second kappa shape index (κ2) is 33.8. The molecule has 1 unspecified atom stereocenters. The number of benzene rings is 9. The van der Waals surface area contributed by atoms with E-state index in [-0.39, 0.29) is 52.2 Å². The van der Waals surface area contributed by atoms with Gasteiger partial charge >= 0.3 is 6.09 Å². The Morgan fingerprint density at radius 2 is 0.758 bits per heavy atom. The zero-order valence-electron chi connectivity index (χ0n) is 55.0. The number of carbonyl (C=O) groups is 1. The Balaban J connectivity index is 0.859. The number of unbranched alkanes of at least 4 members (excludes halogenated alkanes) is 1. The fourth-order valence-corrected chi connectivity index (χ4v) is 10.9. The van der Waals surface area contributed by atoms with Gasteiger partial charge in [0.2, 0.25) is 0 Å². The van der Waals surface area contributed by atoms with Gasteiger partial charge in [0.1, 0.15) is 114 Å². The number of carbonyl (C=O) groups excluding carboxylic acids is 1. The Labute approximate surface area is 554 Å². The second-order valence-corrected chi connectivity index (χ2v) is 22.5. The van der Waals surface area contributed by atoms with Gasteiger partial charge in [-0.25, -0.2) is 4.79 Å². The number of fused-ring (bicyclic) bond motifs is 2. The topological polar surface area (TPSA) is 177 Å². The summed E-state index contributed by atoms with van der Waals surface area (Å²) in [4.78, 5) is 13.0. The number of nitrogens with one attached hydrogen (secondary N) is 1. The maximum atomic E-state index is 13.0. The van der Waals surface area contributed by atoms with Crippen LogP contribution in [0.25, 0.3) is 21.5 Å². The van der Waals surface area contributed by atoms with Crippen LogP contribution in [0.1, 0.15) is 58.2 Å². The summed E-state index contributed by atoms with van der Waals surface area (Å²) in [6.45, 7) is 2.45. The molecule has 9 aromatic rings. The van der Waals surface area contributed by atoms with Crippen LogP contribution < -0.4 is 62.2 Å². The van der Waals surface area contributed by atoms with Crippen LogP contribution in [0, 0.1) is 5.92 Å². The molecule has 0 aromatic heterocycles. The zero-order valence-corrected chi connectivity index (χ0v) is 55.0. The molecule has 0 saturated carbocycles. The molecule has 0 radical (unpaired) electrons. The highest BCUT2D eigenvalue weighted by Crippen LogP contribution is 2.35. The van der Waals surface area contributed by atoms with E-state index in [1.54, 1.807) is 56.9 Å². The third kappa shape index (κ3) is 19.5. The molecule has 0 heterocycles. The predicted molar refractivity (Wildman–Crippen MR) is 362 cm³/mol. The Hall–Kier alpha value is -10.6. The van der Waals surface area contributed by atoms with Crippen molar-refractivity contribution in [2.45, 2.75) is 65.5 Å². The third-order valence-electron chi connectivity index (χ3n) is 15.7. The van der Waals surface area contributed by atoms with Crippen LogP contribution in [0.15, 0.2) is 187 Å². The lowest BCUT2D eigenvalue weighted by atomic mass is 9.97. The first-order chi connectivity index (χ1) is 46.5. The lowest BCUT2D eigenvalue weighted by Crippen LogP contribution is -2.25. The van der Waals surface area contributed by atoms with Gasteiger partial charge < -0.3 is 81.1 Å². The average Bonchev–Trinajstić information content (AvgIpc) is 0.797. The Bertz CT molecular complexity index is 3910. The summed E-state index contributed by atoms with van der Waals surface area (Å²) in [5.74, 6) is 8.62. The number of ether oxygens (including phenoxy) is 16. The van der Waals surface area contributed by atoms with E-state index in [4.69, 9.17) is 75.8 Å². The number of hydrogen-bond donors (Lipinski definition) is 1. The molecule has 18 heteroatoms. The molecule has 18 nitrogen and oxygen atoms in total. The van der Waals surface area contributed by atoms with Gasteiger partial charge in [-0.2, -0.15) is 0 Å². The fraction of sp³-hybridized carbons (Fsp3) is 0.286. The van der Waals surface area contributed by atoms with Gasteiger partial charge in [-0.05, 0) is 153 Å². The Morgan fingerprint density at radius 1 is 0.389 bits per heavy atom. The number of methoxy groups -OCH3 is 8. The molecule has 1 aliphatic carbocycles. The van der Waals surface area contributed by atoms with E-state index in [9.17, 15) is 4.79 Å². The lowest BCUT2D eigenvalue weighted by Gasteiger charge is -2.21.